The van der Waals surface area contributed by atoms with Gasteiger partial charge in [0.1, 0.15) is 0 Å². The largest absolute Gasteiger partial charge is 0.466 e. The summed E-state index contributed by atoms with van der Waals surface area (Å²) in [5.41, 5.74) is 0.588. The number of ether oxygens (including phenoxy) is 1. The first-order chi connectivity index (χ1) is 15.7. The maximum Gasteiger partial charge on any atom is 0.309 e. The second-order valence-electron chi connectivity index (χ2n) is 7.73. The maximum absolute atomic E-state index is 13.4. The van der Waals surface area contributed by atoms with Gasteiger partial charge in [0.2, 0.25) is 15.9 Å². The molecule has 1 aliphatic rings. The number of halogens is 2. The summed E-state index contributed by atoms with van der Waals surface area (Å²) in [4.78, 5) is 26.7. The van der Waals surface area contributed by atoms with Crippen LogP contribution in [0.5, 0.6) is 0 Å². The van der Waals surface area contributed by atoms with E-state index in [1.54, 1.807) is 36.1 Å². The van der Waals surface area contributed by atoms with Crippen molar-refractivity contribution in [3.05, 3.63) is 64.1 Å². The Morgan fingerprint density at radius 1 is 1.06 bits per heavy atom. The summed E-state index contributed by atoms with van der Waals surface area (Å²) in [5, 5.41) is 0.823. The first-order valence-corrected chi connectivity index (χ1v) is 12.9. The summed E-state index contributed by atoms with van der Waals surface area (Å²) < 4.78 is 33.0. The Labute approximate surface area is 204 Å². The topological polar surface area (TPSA) is 84.0 Å². The molecule has 1 heterocycles. The lowest BCUT2D eigenvalue weighted by atomic mass is 9.97. The van der Waals surface area contributed by atoms with E-state index in [1.807, 2.05) is 0 Å². The zero-order chi connectivity index (χ0) is 24.0. The predicted octanol–water partition coefficient (Wildman–Crippen LogP) is 3.99. The van der Waals surface area contributed by atoms with E-state index in [9.17, 15) is 18.0 Å². The smallest absolute Gasteiger partial charge is 0.309 e. The lowest BCUT2D eigenvalue weighted by Gasteiger charge is -2.32. The molecule has 1 fully saturated rings. The Morgan fingerprint density at radius 3 is 2.30 bits per heavy atom. The lowest BCUT2D eigenvalue weighted by Crippen LogP contribution is -2.46. The van der Waals surface area contributed by atoms with Crippen LogP contribution < -0.4 is 0 Å². The molecule has 2 aromatic carbocycles. The number of nitrogens with zero attached hydrogens (tertiary/aromatic N) is 2. The van der Waals surface area contributed by atoms with Crippen LogP contribution in [-0.2, 0) is 30.9 Å². The van der Waals surface area contributed by atoms with E-state index in [0.29, 0.717) is 48.1 Å². The first-order valence-electron chi connectivity index (χ1n) is 10.7. The van der Waals surface area contributed by atoms with Crippen molar-refractivity contribution in [1.29, 1.82) is 0 Å². The van der Waals surface area contributed by atoms with Crippen LogP contribution in [0, 0.1) is 5.92 Å². The minimum atomic E-state index is -4.00. The molecule has 1 aliphatic heterocycles. The van der Waals surface area contributed by atoms with Crippen LogP contribution in [0.3, 0.4) is 0 Å². The van der Waals surface area contributed by atoms with E-state index in [4.69, 9.17) is 27.9 Å². The summed E-state index contributed by atoms with van der Waals surface area (Å²) in [6.07, 6.45) is 0.970. The highest BCUT2D eigenvalue weighted by Crippen LogP contribution is 2.25. The van der Waals surface area contributed by atoms with Crippen LogP contribution in [-0.4, -0.2) is 55.7 Å². The van der Waals surface area contributed by atoms with Gasteiger partial charge in [-0.25, -0.2) is 8.42 Å². The van der Waals surface area contributed by atoms with E-state index >= 15 is 0 Å². The number of benzene rings is 2. The SMILES string of the molecule is CCOC(=O)C1CCN(C(=O)CN(Cc2ccccc2Cl)S(=O)(=O)c2ccc(Cl)cc2)CC1. The second-order valence-corrected chi connectivity index (χ2v) is 10.5. The van der Waals surface area contributed by atoms with Gasteiger partial charge in [-0.15, -0.1) is 0 Å². The fourth-order valence-corrected chi connectivity index (χ4v) is 5.36. The van der Waals surface area contributed by atoms with E-state index in [-0.39, 0.29) is 35.8 Å². The molecular formula is C23H26Cl2N2O5S. The molecule has 2 aromatic rings. The molecule has 0 N–H and O–H groups in total. The average molecular weight is 513 g/mol. The Morgan fingerprint density at radius 2 is 1.70 bits per heavy atom. The zero-order valence-electron chi connectivity index (χ0n) is 18.2. The van der Waals surface area contributed by atoms with Crippen LogP contribution in [0.25, 0.3) is 0 Å². The molecule has 0 saturated carbocycles. The van der Waals surface area contributed by atoms with E-state index in [0.717, 1.165) is 4.31 Å². The minimum absolute atomic E-state index is 0.0350. The van der Waals surface area contributed by atoms with Crippen molar-refractivity contribution in [3.63, 3.8) is 0 Å². The molecule has 0 bridgehead atoms. The van der Waals surface area contributed by atoms with Gasteiger partial charge in [0.25, 0.3) is 0 Å². The number of amides is 1. The van der Waals surface area contributed by atoms with Gasteiger partial charge in [-0.05, 0) is 55.7 Å². The van der Waals surface area contributed by atoms with E-state index in [2.05, 4.69) is 0 Å². The summed E-state index contributed by atoms with van der Waals surface area (Å²) in [7, 11) is -4.00. The van der Waals surface area contributed by atoms with E-state index in [1.165, 1.54) is 24.3 Å². The molecule has 10 heteroatoms. The highest BCUT2D eigenvalue weighted by atomic mass is 35.5. The van der Waals surface area contributed by atoms with Crippen LogP contribution >= 0.6 is 23.2 Å². The molecule has 1 saturated heterocycles. The number of carbonyl (C=O) groups excluding carboxylic acids is 2. The third kappa shape index (κ3) is 6.47. The van der Waals surface area contributed by atoms with Crippen molar-refractivity contribution in [1.82, 2.24) is 9.21 Å². The number of hydrogen-bond donors (Lipinski definition) is 0. The Kier molecular flexibility index (Phi) is 8.75. The molecular weight excluding hydrogens is 487 g/mol. The monoisotopic (exact) mass is 512 g/mol. The molecule has 0 aliphatic carbocycles. The number of hydrogen-bond acceptors (Lipinski definition) is 5. The Hall–Kier alpha value is -2.13. The Bertz CT molecular complexity index is 1080. The standard InChI is InChI=1S/C23H26Cl2N2O5S/c1-2-32-23(29)17-11-13-26(14-12-17)22(28)16-27(15-18-5-3-4-6-21(18)25)33(30,31)20-9-7-19(24)8-10-20/h3-10,17H,2,11-16H2,1H3. The van der Waals surface area contributed by atoms with Gasteiger partial charge in [-0.3, -0.25) is 9.59 Å². The number of likely N-dealkylation sites (tertiary alicyclic amines) is 1. The number of rotatable bonds is 8. The fraction of sp³-hybridized carbons (Fsp3) is 0.391. The van der Waals surface area contributed by atoms with Crippen LogP contribution in [0.15, 0.2) is 53.4 Å². The molecule has 1 amide bonds. The van der Waals surface area contributed by atoms with Gasteiger partial charge < -0.3 is 9.64 Å². The fourth-order valence-electron chi connectivity index (χ4n) is 3.67. The normalized spacial score (nSPS) is 15.0. The molecule has 0 unspecified atom stereocenters. The van der Waals surface area contributed by atoms with Crippen molar-refractivity contribution in [2.75, 3.05) is 26.2 Å². The molecule has 33 heavy (non-hydrogen) atoms. The van der Waals surface area contributed by atoms with Gasteiger partial charge >= 0.3 is 5.97 Å². The highest BCUT2D eigenvalue weighted by molar-refractivity contribution is 7.89. The molecule has 0 radical (unpaired) electrons. The van der Waals surface area contributed by atoms with Crippen molar-refractivity contribution in [2.24, 2.45) is 5.92 Å². The van der Waals surface area contributed by atoms with E-state index < -0.39 is 10.0 Å². The molecule has 0 spiro atoms. The lowest BCUT2D eigenvalue weighted by molar-refractivity contribution is -0.151. The summed E-state index contributed by atoms with van der Waals surface area (Å²) in [6, 6.07) is 12.7. The van der Waals surface area contributed by atoms with Crippen molar-refractivity contribution in [3.8, 4) is 0 Å². The first kappa shape index (κ1) is 25.5. The third-order valence-electron chi connectivity index (χ3n) is 5.54. The quantitative estimate of drug-likeness (QED) is 0.499. The van der Waals surface area contributed by atoms with Crippen LogP contribution in [0.2, 0.25) is 10.0 Å². The molecule has 178 valence electrons. The van der Waals surface area contributed by atoms with Gasteiger partial charge in [0, 0.05) is 29.7 Å². The average Bonchev–Trinajstić information content (AvgIpc) is 2.80. The van der Waals surface area contributed by atoms with Gasteiger partial charge in [0.05, 0.1) is 24.0 Å². The summed E-state index contributed by atoms with van der Waals surface area (Å²) in [5.74, 6) is -0.830. The Balaban J connectivity index is 1.78. The maximum atomic E-state index is 13.4. The van der Waals surface area contributed by atoms with Crippen LogP contribution in [0.4, 0.5) is 0 Å². The van der Waals surface area contributed by atoms with Gasteiger partial charge in [0.15, 0.2) is 0 Å². The highest BCUT2D eigenvalue weighted by Gasteiger charge is 2.32. The number of carbonyl (C=O) groups is 2. The van der Waals surface area contributed by atoms with Crippen molar-refractivity contribution in [2.45, 2.75) is 31.2 Å². The molecule has 3 rings (SSSR count). The van der Waals surface area contributed by atoms with Gasteiger partial charge in [-0.1, -0.05) is 41.4 Å². The summed E-state index contributed by atoms with van der Waals surface area (Å²) in [6.45, 7) is 2.39. The molecule has 0 atom stereocenters. The van der Waals surface area contributed by atoms with Crippen molar-refractivity contribution < 1.29 is 22.7 Å². The number of sulfonamides is 1. The molecule has 0 aromatic heterocycles. The number of esters is 1. The second kappa shape index (κ2) is 11.3. The number of piperidine rings is 1. The van der Waals surface area contributed by atoms with Gasteiger partial charge in [-0.2, -0.15) is 4.31 Å². The molecule has 7 nitrogen and oxygen atoms in total. The predicted molar refractivity (Wildman–Crippen MR) is 126 cm³/mol. The van der Waals surface area contributed by atoms with Crippen molar-refractivity contribution >= 4 is 45.1 Å². The zero-order valence-corrected chi connectivity index (χ0v) is 20.6. The minimum Gasteiger partial charge on any atom is -0.466 e. The summed E-state index contributed by atoms with van der Waals surface area (Å²) >= 11 is 12.2. The third-order valence-corrected chi connectivity index (χ3v) is 7.96. The van der Waals surface area contributed by atoms with Crippen LogP contribution in [0.1, 0.15) is 25.3 Å².